The summed E-state index contributed by atoms with van der Waals surface area (Å²) in [4.78, 5) is 14.8. The first-order valence-corrected chi connectivity index (χ1v) is 10.3. The lowest BCUT2D eigenvalue weighted by Crippen LogP contribution is -2.50. The number of aliphatic hydroxyl groups excluding tert-OH is 1. The van der Waals surface area contributed by atoms with E-state index in [4.69, 9.17) is 9.47 Å². The molecule has 0 aromatic heterocycles. The standard InChI is InChI=1S/C21H39NO4/c1-15(14-23)12-18-17(13-16-10-8-7-9-11-16)22(21(5,6)25-18)19(24)26-20(2,3)4/h15-18,23H,7-14H2,1-6H3/t15-,17+,18+/m1/s1. The average molecular weight is 370 g/mol. The number of aliphatic hydroxyl groups is 1. The van der Waals surface area contributed by atoms with E-state index in [1.807, 2.05) is 46.4 Å². The molecule has 0 bridgehead atoms. The van der Waals surface area contributed by atoms with Gasteiger partial charge >= 0.3 is 6.09 Å². The van der Waals surface area contributed by atoms with E-state index in [0.717, 1.165) is 12.8 Å². The molecule has 1 saturated carbocycles. The van der Waals surface area contributed by atoms with Gasteiger partial charge in [0.1, 0.15) is 11.3 Å². The molecule has 2 aliphatic rings. The molecule has 0 radical (unpaired) electrons. The quantitative estimate of drug-likeness (QED) is 0.762. The third-order valence-corrected chi connectivity index (χ3v) is 5.62. The number of amides is 1. The summed E-state index contributed by atoms with van der Waals surface area (Å²) in [7, 11) is 0. The highest BCUT2D eigenvalue weighted by atomic mass is 16.6. The van der Waals surface area contributed by atoms with Crippen LogP contribution in [0.5, 0.6) is 0 Å². The Morgan fingerprint density at radius 2 is 1.88 bits per heavy atom. The molecule has 152 valence electrons. The second kappa shape index (κ2) is 8.47. The van der Waals surface area contributed by atoms with Crippen LogP contribution in [-0.4, -0.2) is 46.2 Å². The number of nitrogens with zero attached hydrogens (tertiary/aromatic N) is 1. The number of ether oxygens (including phenoxy) is 2. The van der Waals surface area contributed by atoms with Crippen molar-refractivity contribution in [1.29, 1.82) is 0 Å². The minimum atomic E-state index is -0.693. The summed E-state index contributed by atoms with van der Waals surface area (Å²) in [6, 6.07) is 0.0111. The van der Waals surface area contributed by atoms with Crippen molar-refractivity contribution in [3.8, 4) is 0 Å². The van der Waals surface area contributed by atoms with Gasteiger partial charge < -0.3 is 14.6 Å². The van der Waals surface area contributed by atoms with Crippen LogP contribution in [0.2, 0.25) is 0 Å². The highest BCUT2D eigenvalue weighted by molar-refractivity contribution is 5.70. The summed E-state index contributed by atoms with van der Waals surface area (Å²) in [5, 5.41) is 9.50. The Labute approximate surface area is 159 Å². The van der Waals surface area contributed by atoms with Gasteiger partial charge in [0, 0.05) is 6.61 Å². The monoisotopic (exact) mass is 369 g/mol. The zero-order valence-electron chi connectivity index (χ0n) is 17.6. The van der Waals surface area contributed by atoms with Gasteiger partial charge in [0.05, 0.1) is 12.1 Å². The zero-order chi connectivity index (χ0) is 19.5. The van der Waals surface area contributed by atoms with E-state index in [9.17, 15) is 9.90 Å². The van der Waals surface area contributed by atoms with Crippen molar-refractivity contribution in [2.75, 3.05) is 6.61 Å². The molecule has 0 aromatic rings. The molecule has 5 nitrogen and oxygen atoms in total. The second-order valence-corrected chi connectivity index (χ2v) is 9.78. The lowest BCUT2D eigenvalue weighted by Gasteiger charge is -2.37. The van der Waals surface area contributed by atoms with E-state index < -0.39 is 11.3 Å². The van der Waals surface area contributed by atoms with Gasteiger partial charge in [-0.2, -0.15) is 0 Å². The van der Waals surface area contributed by atoms with Crippen molar-refractivity contribution in [2.45, 2.75) is 110 Å². The number of hydrogen-bond acceptors (Lipinski definition) is 4. The number of hydrogen-bond donors (Lipinski definition) is 1. The van der Waals surface area contributed by atoms with Crippen LogP contribution in [0.4, 0.5) is 4.79 Å². The normalized spacial score (nSPS) is 28.2. The summed E-state index contributed by atoms with van der Waals surface area (Å²) in [6.07, 6.45) is 7.75. The molecule has 1 N–H and O–H groups in total. The van der Waals surface area contributed by atoms with Crippen molar-refractivity contribution in [2.24, 2.45) is 11.8 Å². The molecule has 1 heterocycles. The summed E-state index contributed by atoms with van der Waals surface area (Å²) in [5.41, 5.74) is -1.22. The maximum atomic E-state index is 13.0. The van der Waals surface area contributed by atoms with Crippen LogP contribution in [0.3, 0.4) is 0 Å². The fraction of sp³-hybridized carbons (Fsp3) is 0.952. The van der Waals surface area contributed by atoms with Crippen LogP contribution in [0.1, 0.15) is 86.5 Å². The molecule has 0 spiro atoms. The molecular weight excluding hydrogens is 330 g/mol. The largest absolute Gasteiger partial charge is 0.444 e. The number of carbonyl (C=O) groups is 1. The number of rotatable bonds is 5. The molecule has 3 atom stereocenters. The fourth-order valence-corrected chi connectivity index (χ4v) is 4.44. The van der Waals surface area contributed by atoms with Gasteiger partial charge in [-0.25, -0.2) is 4.79 Å². The van der Waals surface area contributed by atoms with E-state index in [1.165, 1.54) is 32.1 Å². The van der Waals surface area contributed by atoms with Crippen LogP contribution >= 0.6 is 0 Å². The molecular formula is C21H39NO4. The number of carbonyl (C=O) groups excluding carboxylic acids is 1. The van der Waals surface area contributed by atoms with Crippen molar-refractivity contribution < 1.29 is 19.4 Å². The van der Waals surface area contributed by atoms with Gasteiger partial charge in [-0.15, -0.1) is 0 Å². The maximum Gasteiger partial charge on any atom is 0.412 e. The predicted octanol–water partition coefficient (Wildman–Crippen LogP) is 4.72. The second-order valence-electron chi connectivity index (χ2n) is 9.78. The molecule has 1 aliphatic heterocycles. The Morgan fingerprint density at radius 1 is 1.27 bits per heavy atom. The summed E-state index contributed by atoms with van der Waals surface area (Å²) in [5.74, 6) is 0.798. The van der Waals surface area contributed by atoms with Crippen LogP contribution < -0.4 is 0 Å². The van der Waals surface area contributed by atoms with E-state index in [2.05, 4.69) is 0 Å². The average Bonchev–Trinajstić information content (AvgIpc) is 2.76. The van der Waals surface area contributed by atoms with E-state index in [-0.39, 0.29) is 30.8 Å². The zero-order valence-corrected chi connectivity index (χ0v) is 17.6. The van der Waals surface area contributed by atoms with Gasteiger partial charge in [0.25, 0.3) is 0 Å². The molecule has 2 rings (SSSR count). The van der Waals surface area contributed by atoms with Gasteiger partial charge in [0.2, 0.25) is 0 Å². The van der Waals surface area contributed by atoms with E-state index >= 15 is 0 Å². The van der Waals surface area contributed by atoms with E-state index in [1.54, 1.807) is 0 Å². The van der Waals surface area contributed by atoms with Crippen molar-refractivity contribution in [3.63, 3.8) is 0 Å². The Morgan fingerprint density at radius 3 is 2.42 bits per heavy atom. The Balaban J connectivity index is 2.22. The molecule has 1 aliphatic carbocycles. The summed E-state index contributed by atoms with van der Waals surface area (Å²) >= 11 is 0. The van der Waals surface area contributed by atoms with Crippen molar-refractivity contribution in [3.05, 3.63) is 0 Å². The third-order valence-electron chi connectivity index (χ3n) is 5.62. The molecule has 2 fully saturated rings. The minimum absolute atomic E-state index is 0.0111. The van der Waals surface area contributed by atoms with Crippen molar-refractivity contribution in [1.82, 2.24) is 4.90 Å². The topological polar surface area (TPSA) is 59.0 Å². The van der Waals surface area contributed by atoms with E-state index in [0.29, 0.717) is 5.92 Å². The first kappa shape index (κ1) is 21.5. The predicted molar refractivity (Wildman–Crippen MR) is 103 cm³/mol. The van der Waals surface area contributed by atoms with Crippen molar-refractivity contribution >= 4 is 6.09 Å². The fourth-order valence-electron chi connectivity index (χ4n) is 4.44. The SMILES string of the molecule is C[C@@H](CO)C[C@@H]1OC(C)(C)N(C(=O)OC(C)(C)C)[C@H]1CC1CCCCC1. The lowest BCUT2D eigenvalue weighted by molar-refractivity contribution is -0.0826. The minimum Gasteiger partial charge on any atom is -0.444 e. The summed E-state index contributed by atoms with van der Waals surface area (Å²) in [6.45, 7) is 11.8. The van der Waals surface area contributed by atoms with Gasteiger partial charge in [-0.05, 0) is 59.3 Å². The van der Waals surface area contributed by atoms with Gasteiger partial charge in [-0.1, -0.05) is 39.0 Å². The molecule has 1 amide bonds. The van der Waals surface area contributed by atoms with Crippen LogP contribution in [0.15, 0.2) is 0 Å². The van der Waals surface area contributed by atoms with Crippen LogP contribution in [0, 0.1) is 11.8 Å². The third kappa shape index (κ3) is 5.59. The molecule has 1 saturated heterocycles. The molecule has 26 heavy (non-hydrogen) atoms. The highest BCUT2D eigenvalue weighted by Crippen LogP contribution is 2.41. The Kier molecular flexibility index (Phi) is 7.00. The van der Waals surface area contributed by atoms with Crippen LogP contribution in [-0.2, 0) is 9.47 Å². The Bertz CT molecular complexity index is 465. The molecule has 5 heteroatoms. The van der Waals surface area contributed by atoms with Crippen LogP contribution in [0.25, 0.3) is 0 Å². The van der Waals surface area contributed by atoms with Gasteiger partial charge in [-0.3, -0.25) is 4.90 Å². The smallest absolute Gasteiger partial charge is 0.412 e. The maximum absolute atomic E-state index is 13.0. The summed E-state index contributed by atoms with van der Waals surface area (Å²) < 4.78 is 12.1. The highest BCUT2D eigenvalue weighted by Gasteiger charge is 2.51. The van der Waals surface area contributed by atoms with Gasteiger partial charge in [0.15, 0.2) is 0 Å². The molecule has 0 unspecified atom stereocenters. The first-order chi connectivity index (χ1) is 12.0. The lowest BCUT2D eigenvalue weighted by atomic mass is 9.82. The Hall–Kier alpha value is -0.810. The molecule has 0 aromatic carbocycles. The first-order valence-electron chi connectivity index (χ1n) is 10.3.